The van der Waals surface area contributed by atoms with Crippen LogP contribution in [0.25, 0.3) is 0 Å². The Morgan fingerprint density at radius 1 is 1.43 bits per heavy atom. The number of hydrogen-bond acceptors (Lipinski definition) is 2. The first kappa shape index (κ1) is 11.2. The van der Waals surface area contributed by atoms with Crippen LogP contribution in [0.4, 0.5) is 0 Å². The molecule has 0 N–H and O–H groups in total. The number of esters is 1. The highest BCUT2D eigenvalue weighted by Gasteiger charge is 2.33. The highest BCUT2D eigenvalue weighted by molar-refractivity contribution is 9.10. The molecule has 3 heteroatoms. The molecule has 14 heavy (non-hydrogen) atoms. The number of ether oxygens (including phenoxy) is 1. The summed E-state index contributed by atoms with van der Waals surface area (Å²) in [4.78, 5) is 11.6. The summed E-state index contributed by atoms with van der Waals surface area (Å²) in [6.45, 7) is 3.99. The molecular weight excluding hydrogens is 244 g/mol. The highest BCUT2D eigenvalue weighted by atomic mass is 79.9. The van der Waals surface area contributed by atoms with Crippen LogP contribution in [-0.4, -0.2) is 12.6 Å². The molecule has 1 aromatic carbocycles. The van der Waals surface area contributed by atoms with Crippen LogP contribution in [0.15, 0.2) is 30.3 Å². The van der Waals surface area contributed by atoms with Gasteiger partial charge in [-0.3, -0.25) is 4.79 Å². The maximum atomic E-state index is 11.6. The molecule has 1 aromatic rings. The molecule has 0 saturated carbocycles. The van der Waals surface area contributed by atoms with E-state index in [1.54, 1.807) is 13.8 Å². The van der Waals surface area contributed by atoms with E-state index in [0.29, 0.717) is 6.61 Å². The molecule has 76 valence electrons. The van der Waals surface area contributed by atoms with Crippen molar-refractivity contribution in [3.8, 4) is 0 Å². The number of alkyl halides is 1. The minimum absolute atomic E-state index is 0.258. The summed E-state index contributed by atoms with van der Waals surface area (Å²) < 4.78 is 4.23. The molecule has 1 atom stereocenters. The maximum absolute atomic E-state index is 11.6. The first-order valence-corrected chi connectivity index (χ1v) is 5.30. The minimum atomic E-state index is -0.746. The topological polar surface area (TPSA) is 26.3 Å². The summed E-state index contributed by atoms with van der Waals surface area (Å²) in [7, 11) is 0. The first-order valence-electron chi connectivity index (χ1n) is 4.50. The SMILES string of the molecule is CCOC(=O)C(C)(Br)c1ccccc1. The quantitative estimate of drug-likeness (QED) is 0.614. The Labute approximate surface area is 92.4 Å². The summed E-state index contributed by atoms with van der Waals surface area (Å²) >= 11 is 3.38. The molecule has 0 aromatic heterocycles. The van der Waals surface area contributed by atoms with Gasteiger partial charge in [0.1, 0.15) is 4.32 Å². The Morgan fingerprint density at radius 2 is 2.00 bits per heavy atom. The van der Waals surface area contributed by atoms with E-state index < -0.39 is 4.32 Å². The number of benzene rings is 1. The molecule has 0 saturated heterocycles. The number of carbonyl (C=O) groups excluding carboxylic acids is 1. The average Bonchev–Trinajstić information content (AvgIpc) is 2.19. The van der Waals surface area contributed by atoms with Crippen LogP contribution in [0.5, 0.6) is 0 Å². The van der Waals surface area contributed by atoms with E-state index in [1.807, 2.05) is 30.3 Å². The molecule has 0 aliphatic rings. The van der Waals surface area contributed by atoms with Gasteiger partial charge in [0, 0.05) is 0 Å². The molecule has 0 bridgehead atoms. The Bertz CT molecular complexity index is 306. The van der Waals surface area contributed by atoms with Gasteiger partial charge in [-0.2, -0.15) is 0 Å². The minimum Gasteiger partial charge on any atom is -0.465 e. The van der Waals surface area contributed by atoms with Gasteiger partial charge in [-0.25, -0.2) is 0 Å². The van der Waals surface area contributed by atoms with Gasteiger partial charge < -0.3 is 4.74 Å². The monoisotopic (exact) mass is 256 g/mol. The molecule has 0 radical (unpaired) electrons. The fourth-order valence-corrected chi connectivity index (χ4v) is 1.51. The second-order valence-corrected chi connectivity index (χ2v) is 4.68. The van der Waals surface area contributed by atoms with Gasteiger partial charge >= 0.3 is 5.97 Å². The lowest BCUT2D eigenvalue weighted by molar-refractivity contribution is -0.145. The molecule has 0 aliphatic carbocycles. The Kier molecular flexibility index (Phi) is 3.69. The van der Waals surface area contributed by atoms with Crippen molar-refractivity contribution >= 4 is 21.9 Å². The third-order valence-corrected chi connectivity index (χ3v) is 2.76. The van der Waals surface area contributed by atoms with Crippen molar-refractivity contribution in [3.05, 3.63) is 35.9 Å². The van der Waals surface area contributed by atoms with E-state index in [2.05, 4.69) is 15.9 Å². The zero-order chi connectivity index (χ0) is 10.6. The lowest BCUT2D eigenvalue weighted by atomic mass is 10.0. The first-order chi connectivity index (χ1) is 6.59. The molecule has 2 nitrogen and oxygen atoms in total. The van der Waals surface area contributed by atoms with E-state index >= 15 is 0 Å². The van der Waals surface area contributed by atoms with Crippen LogP contribution in [0.3, 0.4) is 0 Å². The summed E-state index contributed by atoms with van der Waals surface area (Å²) in [5.41, 5.74) is 0.901. The van der Waals surface area contributed by atoms with Gasteiger partial charge in [0.05, 0.1) is 6.61 Å². The van der Waals surface area contributed by atoms with E-state index in [4.69, 9.17) is 4.74 Å². The Balaban J connectivity index is 2.90. The Hall–Kier alpha value is -0.830. The van der Waals surface area contributed by atoms with Crippen LogP contribution in [0.1, 0.15) is 19.4 Å². The number of carbonyl (C=O) groups is 1. The van der Waals surface area contributed by atoms with Gasteiger partial charge in [-0.15, -0.1) is 0 Å². The molecule has 0 aliphatic heterocycles. The van der Waals surface area contributed by atoms with Crippen molar-refractivity contribution in [3.63, 3.8) is 0 Å². The number of rotatable bonds is 3. The van der Waals surface area contributed by atoms with Crippen molar-refractivity contribution in [1.82, 2.24) is 0 Å². The number of halogens is 1. The predicted octanol–water partition coefficient (Wildman–Crippen LogP) is 2.86. The molecule has 0 spiro atoms. The van der Waals surface area contributed by atoms with Crippen molar-refractivity contribution in [2.45, 2.75) is 18.2 Å². The van der Waals surface area contributed by atoms with Gasteiger partial charge in [0.2, 0.25) is 0 Å². The standard InChI is InChI=1S/C11H13BrO2/c1-3-14-10(13)11(2,12)9-7-5-4-6-8-9/h4-8H,3H2,1-2H3. The van der Waals surface area contributed by atoms with Crippen LogP contribution in [0.2, 0.25) is 0 Å². The van der Waals surface area contributed by atoms with E-state index in [-0.39, 0.29) is 5.97 Å². The van der Waals surface area contributed by atoms with Crippen LogP contribution >= 0.6 is 15.9 Å². The second-order valence-electron chi connectivity index (χ2n) is 3.09. The molecule has 1 unspecified atom stereocenters. The normalized spacial score (nSPS) is 14.5. The molecule has 1 rings (SSSR count). The maximum Gasteiger partial charge on any atom is 0.327 e. The fourth-order valence-electron chi connectivity index (χ4n) is 1.14. The summed E-state index contributed by atoms with van der Waals surface area (Å²) in [6, 6.07) is 9.50. The largest absolute Gasteiger partial charge is 0.465 e. The smallest absolute Gasteiger partial charge is 0.327 e. The molecule has 0 amide bonds. The predicted molar refractivity (Wildman–Crippen MR) is 59.4 cm³/mol. The van der Waals surface area contributed by atoms with Gasteiger partial charge in [-0.1, -0.05) is 46.3 Å². The average molecular weight is 257 g/mol. The number of hydrogen-bond donors (Lipinski definition) is 0. The fraction of sp³-hybridized carbons (Fsp3) is 0.364. The third kappa shape index (κ3) is 2.35. The third-order valence-electron chi connectivity index (χ3n) is 1.97. The molecule has 0 fully saturated rings. The zero-order valence-corrected chi connectivity index (χ0v) is 9.87. The lowest BCUT2D eigenvalue weighted by Crippen LogP contribution is -2.27. The van der Waals surface area contributed by atoms with E-state index in [0.717, 1.165) is 5.56 Å². The van der Waals surface area contributed by atoms with Gasteiger partial charge in [0.25, 0.3) is 0 Å². The summed E-state index contributed by atoms with van der Waals surface area (Å²) in [5.74, 6) is -0.258. The zero-order valence-electron chi connectivity index (χ0n) is 8.29. The van der Waals surface area contributed by atoms with Crippen molar-refractivity contribution < 1.29 is 9.53 Å². The van der Waals surface area contributed by atoms with Gasteiger partial charge in [-0.05, 0) is 19.4 Å². The van der Waals surface area contributed by atoms with Crippen LogP contribution in [-0.2, 0) is 13.9 Å². The summed E-state index contributed by atoms with van der Waals surface area (Å²) in [6.07, 6.45) is 0. The van der Waals surface area contributed by atoms with Crippen molar-refractivity contribution in [1.29, 1.82) is 0 Å². The highest BCUT2D eigenvalue weighted by Crippen LogP contribution is 2.31. The van der Waals surface area contributed by atoms with Crippen molar-refractivity contribution in [2.24, 2.45) is 0 Å². The van der Waals surface area contributed by atoms with Crippen LogP contribution in [0, 0.1) is 0 Å². The Morgan fingerprint density at radius 3 is 2.50 bits per heavy atom. The van der Waals surface area contributed by atoms with Crippen molar-refractivity contribution in [2.75, 3.05) is 6.61 Å². The van der Waals surface area contributed by atoms with Crippen LogP contribution < -0.4 is 0 Å². The van der Waals surface area contributed by atoms with Gasteiger partial charge in [0.15, 0.2) is 0 Å². The molecule has 0 heterocycles. The molecular formula is C11H13BrO2. The summed E-state index contributed by atoms with van der Waals surface area (Å²) in [5, 5.41) is 0. The lowest BCUT2D eigenvalue weighted by Gasteiger charge is -2.20. The second kappa shape index (κ2) is 4.60. The van der Waals surface area contributed by atoms with E-state index in [9.17, 15) is 4.79 Å². The van der Waals surface area contributed by atoms with E-state index in [1.165, 1.54) is 0 Å².